The normalized spacial score (nSPS) is 10.9. The number of benzene rings is 2. The van der Waals surface area contributed by atoms with Gasteiger partial charge in [-0.25, -0.2) is 0 Å². The third-order valence-electron chi connectivity index (χ3n) is 2.67. The lowest BCUT2D eigenvalue weighted by Gasteiger charge is -2.06. The van der Waals surface area contributed by atoms with Gasteiger partial charge in [-0.1, -0.05) is 17.7 Å². The predicted molar refractivity (Wildman–Crippen MR) is 80.8 cm³/mol. The van der Waals surface area contributed by atoms with Crippen LogP contribution >= 0.6 is 15.9 Å². The second kappa shape index (κ2) is 5.89. The van der Waals surface area contributed by atoms with Gasteiger partial charge < -0.3 is 9.84 Å². The quantitative estimate of drug-likeness (QED) is 0.860. The molecule has 0 amide bonds. The lowest BCUT2D eigenvalue weighted by Crippen LogP contribution is -1.88. The fraction of sp³-hybridized carbons (Fsp3) is 0.133. The zero-order valence-electron chi connectivity index (χ0n) is 10.7. The second-order valence-corrected chi connectivity index (χ2v) is 5.00. The van der Waals surface area contributed by atoms with E-state index < -0.39 is 0 Å². The summed E-state index contributed by atoms with van der Waals surface area (Å²) in [6.07, 6.45) is 1.73. The van der Waals surface area contributed by atoms with E-state index in [1.54, 1.807) is 18.3 Å². The minimum Gasteiger partial charge on any atom is -0.503 e. The van der Waals surface area contributed by atoms with Crippen LogP contribution in [-0.2, 0) is 0 Å². The molecule has 0 aliphatic rings. The summed E-state index contributed by atoms with van der Waals surface area (Å²) in [5, 5.41) is 9.72. The molecule has 2 rings (SSSR count). The van der Waals surface area contributed by atoms with Gasteiger partial charge in [-0.15, -0.1) is 0 Å². The van der Waals surface area contributed by atoms with Crippen molar-refractivity contribution in [2.24, 2.45) is 4.99 Å². The molecule has 0 spiro atoms. The first kappa shape index (κ1) is 13.6. The van der Waals surface area contributed by atoms with Crippen LogP contribution in [-0.4, -0.2) is 18.4 Å². The van der Waals surface area contributed by atoms with Crippen molar-refractivity contribution in [3.63, 3.8) is 0 Å². The van der Waals surface area contributed by atoms with E-state index in [2.05, 4.69) is 20.9 Å². The van der Waals surface area contributed by atoms with Crippen molar-refractivity contribution < 1.29 is 9.84 Å². The maximum Gasteiger partial charge on any atom is 0.172 e. The van der Waals surface area contributed by atoms with Gasteiger partial charge in [0.15, 0.2) is 11.5 Å². The monoisotopic (exact) mass is 319 g/mol. The minimum atomic E-state index is 0.0926. The van der Waals surface area contributed by atoms with Crippen molar-refractivity contribution in [3.8, 4) is 11.5 Å². The summed E-state index contributed by atoms with van der Waals surface area (Å²) < 4.78 is 5.67. The Labute approximate surface area is 120 Å². The van der Waals surface area contributed by atoms with E-state index in [9.17, 15) is 5.11 Å². The molecule has 1 N–H and O–H groups in total. The van der Waals surface area contributed by atoms with Crippen molar-refractivity contribution in [1.29, 1.82) is 0 Å². The molecule has 0 saturated heterocycles. The van der Waals surface area contributed by atoms with Crippen LogP contribution in [0.25, 0.3) is 0 Å². The van der Waals surface area contributed by atoms with Gasteiger partial charge in [0.25, 0.3) is 0 Å². The van der Waals surface area contributed by atoms with Crippen LogP contribution in [0.4, 0.5) is 5.69 Å². The molecule has 98 valence electrons. The van der Waals surface area contributed by atoms with Gasteiger partial charge >= 0.3 is 0 Å². The summed E-state index contributed by atoms with van der Waals surface area (Å²) in [6.45, 7) is 2.04. The lowest BCUT2D eigenvalue weighted by atomic mass is 10.2. The first-order chi connectivity index (χ1) is 9.10. The van der Waals surface area contributed by atoms with Gasteiger partial charge in [0.05, 0.1) is 17.3 Å². The van der Waals surface area contributed by atoms with Crippen LogP contribution in [0, 0.1) is 6.92 Å². The van der Waals surface area contributed by atoms with E-state index in [0.717, 1.165) is 11.3 Å². The number of phenolic OH excluding ortho intramolecular Hbond substituents is 1. The molecule has 2 aromatic carbocycles. The molecule has 0 heterocycles. The molecule has 19 heavy (non-hydrogen) atoms. The number of halogens is 1. The molecule has 0 atom stereocenters. The molecule has 4 heteroatoms. The van der Waals surface area contributed by atoms with Gasteiger partial charge in [0, 0.05) is 6.21 Å². The smallest absolute Gasteiger partial charge is 0.172 e. The standard InChI is InChI=1S/C15H14BrNO2/c1-10-3-5-12(6-4-10)17-9-11-7-13(16)15(18)14(8-11)19-2/h3-9,18H,1-2H3. The van der Waals surface area contributed by atoms with E-state index in [1.165, 1.54) is 12.7 Å². The van der Waals surface area contributed by atoms with Crippen LogP contribution in [0.2, 0.25) is 0 Å². The molecule has 0 unspecified atom stereocenters. The maximum atomic E-state index is 9.72. The molecule has 0 aliphatic heterocycles. The molecule has 2 aromatic rings. The van der Waals surface area contributed by atoms with E-state index in [-0.39, 0.29) is 5.75 Å². The van der Waals surface area contributed by atoms with Gasteiger partial charge in [-0.05, 0) is 52.7 Å². The summed E-state index contributed by atoms with van der Waals surface area (Å²) in [5.41, 5.74) is 2.93. The number of aryl methyl sites for hydroxylation is 1. The van der Waals surface area contributed by atoms with Crippen molar-refractivity contribution in [3.05, 3.63) is 52.0 Å². The van der Waals surface area contributed by atoms with Crippen molar-refractivity contribution in [2.75, 3.05) is 7.11 Å². The number of nitrogens with zero attached hydrogens (tertiary/aromatic N) is 1. The van der Waals surface area contributed by atoms with Gasteiger partial charge in [0.1, 0.15) is 0 Å². The number of aliphatic imine (C=N–C) groups is 1. The predicted octanol–water partition coefficient (Wildman–Crippen LogP) is 4.22. The number of aromatic hydroxyl groups is 1. The second-order valence-electron chi connectivity index (χ2n) is 4.15. The summed E-state index contributed by atoms with van der Waals surface area (Å²) in [6, 6.07) is 11.5. The highest BCUT2D eigenvalue weighted by Gasteiger charge is 2.07. The number of rotatable bonds is 3. The molecule has 0 fully saturated rings. The largest absolute Gasteiger partial charge is 0.503 e. The number of hydrogen-bond acceptors (Lipinski definition) is 3. The molecule has 3 nitrogen and oxygen atoms in total. The Hall–Kier alpha value is -1.81. The summed E-state index contributed by atoms with van der Waals surface area (Å²) in [7, 11) is 1.52. The fourth-order valence-electron chi connectivity index (χ4n) is 1.60. The Balaban J connectivity index is 2.28. The van der Waals surface area contributed by atoms with Crippen LogP contribution in [0.5, 0.6) is 11.5 Å². The molecule has 0 aliphatic carbocycles. The highest BCUT2D eigenvalue weighted by atomic mass is 79.9. The Morgan fingerprint density at radius 2 is 1.89 bits per heavy atom. The zero-order valence-corrected chi connectivity index (χ0v) is 12.3. The number of hydrogen-bond donors (Lipinski definition) is 1. The Morgan fingerprint density at radius 3 is 2.53 bits per heavy atom. The number of phenols is 1. The van der Waals surface area contributed by atoms with Crippen molar-refractivity contribution >= 4 is 27.8 Å². The van der Waals surface area contributed by atoms with Crippen LogP contribution in [0.15, 0.2) is 45.9 Å². The molecular weight excluding hydrogens is 306 g/mol. The van der Waals surface area contributed by atoms with E-state index in [0.29, 0.717) is 10.2 Å². The fourth-order valence-corrected chi connectivity index (χ4v) is 2.06. The topological polar surface area (TPSA) is 41.8 Å². The first-order valence-corrected chi connectivity index (χ1v) is 6.56. The SMILES string of the molecule is COc1cc(C=Nc2ccc(C)cc2)cc(Br)c1O. The molecule has 0 bridgehead atoms. The Kier molecular flexibility index (Phi) is 4.22. The zero-order chi connectivity index (χ0) is 13.8. The third kappa shape index (κ3) is 3.35. The first-order valence-electron chi connectivity index (χ1n) is 5.77. The lowest BCUT2D eigenvalue weighted by molar-refractivity contribution is 0.372. The highest BCUT2D eigenvalue weighted by Crippen LogP contribution is 2.34. The minimum absolute atomic E-state index is 0.0926. The van der Waals surface area contributed by atoms with Crippen molar-refractivity contribution in [2.45, 2.75) is 6.92 Å². The summed E-state index contributed by atoms with van der Waals surface area (Å²) >= 11 is 3.28. The van der Waals surface area contributed by atoms with E-state index in [4.69, 9.17) is 4.74 Å². The Morgan fingerprint density at radius 1 is 1.21 bits per heavy atom. The number of methoxy groups -OCH3 is 1. The van der Waals surface area contributed by atoms with Crippen LogP contribution in [0.1, 0.15) is 11.1 Å². The molecule has 0 aromatic heterocycles. The third-order valence-corrected chi connectivity index (χ3v) is 3.27. The van der Waals surface area contributed by atoms with E-state index >= 15 is 0 Å². The van der Waals surface area contributed by atoms with Gasteiger partial charge in [-0.3, -0.25) is 4.99 Å². The average Bonchev–Trinajstić information content (AvgIpc) is 2.41. The molecular formula is C15H14BrNO2. The Bertz CT molecular complexity index is 606. The average molecular weight is 320 g/mol. The molecule has 0 saturated carbocycles. The highest BCUT2D eigenvalue weighted by molar-refractivity contribution is 9.10. The van der Waals surface area contributed by atoms with Gasteiger partial charge in [0.2, 0.25) is 0 Å². The summed E-state index contributed by atoms with van der Waals surface area (Å²) in [5.74, 6) is 0.509. The van der Waals surface area contributed by atoms with Crippen LogP contribution < -0.4 is 4.74 Å². The van der Waals surface area contributed by atoms with Gasteiger partial charge in [-0.2, -0.15) is 0 Å². The summed E-state index contributed by atoms with van der Waals surface area (Å²) in [4.78, 5) is 4.38. The van der Waals surface area contributed by atoms with E-state index in [1.807, 2.05) is 31.2 Å². The molecule has 0 radical (unpaired) electrons. The van der Waals surface area contributed by atoms with Crippen molar-refractivity contribution in [1.82, 2.24) is 0 Å². The maximum absolute atomic E-state index is 9.72. The number of ether oxygens (including phenoxy) is 1. The van der Waals surface area contributed by atoms with Crippen LogP contribution in [0.3, 0.4) is 0 Å².